The van der Waals surface area contributed by atoms with E-state index in [0.29, 0.717) is 0 Å². The maximum absolute atomic E-state index is 4.48. The molecule has 0 radical (unpaired) electrons. The molecule has 0 saturated heterocycles. The highest BCUT2D eigenvalue weighted by Crippen LogP contribution is 2.14. The molecule has 2 aromatic carbocycles. The van der Waals surface area contributed by atoms with Gasteiger partial charge in [0, 0.05) is 29.8 Å². The van der Waals surface area contributed by atoms with E-state index in [-0.39, 0.29) is 0 Å². The van der Waals surface area contributed by atoms with Gasteiger partial charge in [0.05, 0.1) is 0 Å². The quantitative estimate of drug-likeness (QED) is 0.699. The molecule has 2 nitrogen and oxygen atoms in total. The SMILES string of the molecule is Brc1cccc(Cn2ccnc2Cc2ccccc2)c1. The largest absolute Gasteiger partial charge is 0.330 e. The monoisotopic (exact) mass is 326 g/mol. The Morgan fingerprint density at radius 3 is 2.55 bits per heavy atom. The van der Waals surface area contributed by atoms with Crippen LogP contribution in [0.25, 0.3) is 0 Å². The summed E-state index contributed by atoms with van der Waals surface area (Å²) in [5, 5.41) is 0. The van der Waals surface area contributed by atoms with Crippen molar-refractivity contribution in [2.75, 3.05) is 0 Å². The van der Waals surface area contributed by atoms with Crippen molar-refractivity contribution >= 4 is 15.9 Å². The maximum atomic E-state index is 4.48. The van der Waals surface area contributed by atoms with Gasteiger partial charge in [-0.15, -0.1) is 0 Å². The third-order valence-corrected chi connectivity index (χ3v) is 3.74. The summed E-state index contributed by atoms with van der Waals surface area (Å²) in [6.07, 6.45) is 4.78. The van der Waals surface area contributed by atoms with Gasteiger partial charge >= 0.3 is 0 Å². The van der Waals surface area contributed by atoms with Gasteiger partial charge in [-0.05, 0) is 23.3 Å². The molecule has 3 aromatic rings. The van der Waals surface area contributed by atoms with Gasteiger partial charge < -0.3 is 4.57 Å². The first-order chi connectivity index (χ1) is 9.81. The molecule has 0 aliphatic rings. The van der Waals surface area contributed by atoms with Crippen LogP contribution in [0.5, 0.6) is 0 Å². The molecule has 1 heterocycles. The molecule has 0 aliphatic carbocycles. The Balaban J connectivity index is 1.80. The minimum atomic E-state index is 0.849. The Morgan fingerprint density at radius 1 is 0.950 bits per heavy atom. The van der Waals surface area contributed by atoms with Crippen molar-refractivity contribution in [2.45, 2.75) is 13.0 Å². The average Bonchev–Trinajstić information content (AvgIpc) is 2.87. The standard InChI is InChI=1S/C17H15BrN2/c18-16-8-4-7-15(11-16)13-20-10-9-19-17(20)12-14-5-2-1-3-6-14/h1-11H,12-13H2. The zero-order valence-corrected chi connectivity index (χ0v) is 12.6. The number of hydrogen-bond acceptors (Lipinski definition) is 1. The molecule has 0 unspecified atom stereocenters. The van der Waals surface area contributed by atoms with E-state index >= 15 is 0 Å². The number of benzene rings is 2. The first kappa shape index (κ1) is 13.1. The lowest BCUT2D eigenvalue weighted by molar-refractivity contribution is 0.740. The van der Waals surface area contributed by atoms with Crippen molar-refractivity contribution < 1.29 is 0 Å². The topological polar surface area (TPSA) is 17.8 Å². The van der Waals surface area contributed by atoms with Gasteiger partial charge in [0.25, 0.3) is 0 Å². The van der Waals surface area contributed by atoms with Crippen LogP contribution in [0.4, 0.5) is 0 Å². The lowest BCUT2D eigenvalue weighted by atomic mass is 10.1. The first-order valence-electron chi connectivity index (χ1n) is 6.59. The smallest absolute Gasteiger partial charge is 0.113 e. The molecular formula is C17H15BrN2. The lowest BCUT2D eigenvalue weighted by Gasteiger charge is -2.08. The van der Waals surface area contributed by atoms with Gasteiger partial charge in [0.1, 0.15) is 5.82 Å². The molecule has 0 fully saturated rings. The zero-order valence-electron chi connectivity index (χ0n) is 11.0. The summed E-state index contributed by atoms with van der Waals surface area (Å²) in [7, 11) is 0. The number of rotatable bonds is 4. The van der Waals surface area contributed by atoms with Gasteiger partial charge in [-0.3, -0.25) is 0 Å². The van der Waals surface area contributed by atoms with Crippen LogP contribution in [-0.2, 0) is 13.0 Å². The fraction of sp³-hybridized carbons (Fsp3) is 0.118. The third-order valence-electron chi connectivity index (χ3n) is 3.25. The predicted molar refractivity (Wildman–Crippen MR) is 84.7 cm³/mol. The average molecular weight is 327 g/mol. The molecule has 0 atom stereocenters. The molecule has 100 valence electrons. The molecular weight excluding hydrogens is 312 g/mol. The molecule has 0 aliphatic heterocycles. The van der Waals surface area contributed by atoms with Crippen molar-refractivity contribution in [2.24, 2.45) is 0 Å². The highest BCUT2D eigenvalue weighted by molar-refractivity contribution is 9.10. The van der Waals surface area contributed by atoms with Crippen molar-refractivity contribution in [1.29, 1.82) is 0 Å². The molecule has 0 spiro atoms. The highest BCUT2D eigenvalue weighted by Gasteiger charge is 2.05. The van der Waals surface area contributed by atoms with Crippen molar-refractivity contribution in [3.63, 3.8) is 0 Å². The van der Waals surface area contributed by atoms with E-state index < -0.39 is 0 Å². The molecule has 20 heavy (non-hydrogen) atoms. The highest BCUT2D eigenvalue weighted by atomic mass is 79.9. The van der Waals surface area contributed by atoms with E-state index in [9.17, 15) is 0 Å². The predicted octanol–water partition coefficient (Wildman–Crippen LogP) is 4.28. The Labute approximate surface area is 127 Å². The Bertz CT molecular complexity index is 689. The number of imidazole rings is 1. The fourth-order valence-corrected chi connectivity index (χ4v) is 2.71. The molecule has 0 N–H and O–H groups in total. The van der Waals surface area contributed by atoms with E-state index in [1.54, 1.807) is 0 Å². The van der Waals surface area contributed by atoms with E-state index in [4.69, 9.17) is 0 Å². The van der Waals surface area contributed by atoms with Crippen LogP contribution in [0.1, 0.15) is 17.0 Å². The van der Waals surface area contributed by atoms with E-state index in [2.05, 4.69) is 67.9 Å². The first-order valence-corrected chi connectivity index (χ1v) is 7.39. The number of hydrogen-bond donors (Lipinski definition) is 0. The van der Waals surface area contributed by atoms with E-state index in [1.807, 2.05) is 24.5 Å². The summed E-state index contributed by atoms with van der Waals surface area (Å²) in [6, 6.07) is 18.8. The Hall–Kier alpha value is -1.87. The second kappa shape index (κ2) is 6.06. The van der Waals surface area contributed by atoms with Gasteiger partial charge in [-0.2, -0.15) is 0 Å². The molecule has 3 rings (SSSR count). The summed E-state index contributed by atoms with van der Waals surface area (Å²) in [5.41, 5.74) is 2.56. The minimum absolute atomic E-state index is 0.849. The summed E-state index contributed by atoms with van der Waals surface area (Å²) < 4.78 is 3.31. The Morgan fingerprint density at radius 2 is 1.75 bits per heavy atom. The summed E-state index contributed by atoms with van der Waals surface area (Å²) in [6.45, 7) is 0.849. The van der Waals surface area contributed by atoms with Crippen LogP contribution in [0.15, 0.2) is 71.5 Å². The maximum Gasteiger partial charge on any atom is 0.113 e. The van der Waals surface area contributed by atoms with Crippen LogP contribution < -0.4 is 0 Å². The second-order valence-electron chi connectivity index (χ2n) is 4.76. The normalized spacial score (nSPS) is 10.7. The number of nitrogens with zero attached hydrogens (tertiary/aromatic N) is 2. The summed E-state index contributed by atoms with van der Waals surface area (Å²) >= 11 is 3.51. The van der Waals surface area contributed by atoms with Crippen LogP contribution in [0, 0.1) is 0 Å². The van der Waals surface area contributed by atoms with Crippen LogP contribution in [0.2, 0.25) is 0 Å². The van der Waals surface area contributed by atoms with Gasteiger partial charge in [-0.1, -0.05) is 58.4 Å². The number of halogens is 1. The molecule has 3 heteroatoms. The van der Waals surface area contributed by atoms with Gasteiger partial charge in [0.2, 0.25) is 0 Å². The second-order valence-corrected chi connectivity index (χ2v) is 5.68. The summed E-state index contributed by atoms with van der Waals surface area (Å²) in [5.74, 6) is 1.09. The van der Waals surface area contributed by atoms with E-state index in [1.165, 1.54) is 11.1 Å². The van der Waals surface area contributed by atoms with Crippen molar-refractivity contribution in [3.8, 4) is 0 Å². The number of aromatic nitrogens is 2. The fourth-order valence-electron chi connectivity index (χ4n) is 2.26. The van der Waals surface area contributed by atoms with Crippen molar-refractivity contribution in [1.82, 2.24) is 9.55 Å². The van der Waals surface area contributed by atoms with Crippen LogP contribution in [-0.4, -0.2) is 9.55 Å². The minimum Gasteiger partial charge on any atom is -0.330 e. The third kappa shape index (κ3) is 3.17. The zero-order chi connectivity index (χ0) is 13.8. The molecule has 1 aromatic heterocycles. The molecule has 0 saturated carbocycles. The molecule has 0 amide bonds. The summed E-state index contributed by atoms with van der Waals surface area (Å²) in [4.78, 5) is 4.48. The van der Waals surface area contributed by atoms with Crippen LogP contribution >= 0.6 is 15.9 Å². The van der Waals surface area contributed by atoms with Crippen molar-refractivity contribution in [3.05, 3.63) is 88.4 Å². The molecule has 0 bridgehead atoms. The van der Waals surface area contributed by atoms with Gasteiger partial charge in [-0.25, -0.2) is 4.98 Å². The van der Waals surface area contributed by atoms with Crippen LogP contribution in [0.3, 0.4) is 0 Å². The van der Waals surface area contributed by atoms with E-state index in [0.717, 1.165) is 23.3 Å². The Kier molecular flexibility index (Phi) is 3.97. The lowest BCUT2D eigenvalue weighted by Crippen LogP contribution is -2.05. The van der Waals surface area contributed by atoms with Gasteiger partial charge in [0.15, 0.2) is 0 Å².